The minimum atomic E-state index is 1.01. The monoisotopic (exact) mass is 171 g/mol. The Hall–Kier alpha value is -0.340. The van der Waals surface area contributed by atoms with E-state index in [1.54, 1.807) is 0 Å². The zero-order valence-corrected chi connectivity index (χ0v) is 9.39. The van der Waals surface area contributed by atoms with Crippen LogP contribution in [0.4, 0.5) is 0 Å². The zero-order chi connectivity index (χ0) is 9.78. The van der Waals surface area contributed by atoms with E-state index in [1.807, 2.05) is 0 Å². The Morgan fingerprint density at radius 1 is 1.25 bits per heavy atom. The van der Waals surface area contributed by atoms with Gasteiger partial charge in [-0.05, 0) is 26.6 Å². The summed E-state index contributed by atoms with van der Waals surface area (Å²) >= 11 is 0. The van der Waals surface area contributed by atoms with Gasteiger partial charge >= 0.3 is 0 Å². The highest BCUT2D eigenvalue weighted by molar-refractivity contribution is 4.99. The molecule has 2 nitrogen and oxygen atoms in total. The number of quaternary nitrogens is 1. The highest BCUT2D eigenvalue weighted by Crippen LogP contribution is 2.00. The average molecular weight is 171 g/mol. The van der Waals surface area contributed by atoms with Gasteiger partial charge in [-0.2, -0.15) is 0 Å². The van der Waals surface area contributed by atoms with E-state index >= 15 is 0 Å². The van der Waals surface area contributed by atoms with Crippen molar-refractivity contribution in [3.63, 3.8) is 0 Å². The first-order valence-corrected chi connectivity index (χ1v) is 4.42. The molecule has 12 heavy (non-hydrogen) atoms. The first-order valence-electron chi connectivity index (χ1n) is 4.42. The molecule has 0 aromatic carbocycles. The maximum absolute atomic E-state index is 2.30. The van der Waals surface area contributed by atoms with Crippen molar-refractivity contribution in [2.75, 3.05) is 48.3 Å². The predicted octanol–water partition coefficient (Wildman–Crippen LogP) is 1.20. The van der Waals surface area contributed by atoms with Crippen molar-refractivity contribution in [1.82, 2.24) is 4.90 Å². The van der Waals surface area contributed by atoms with Gasteiger partial charge in [0.05, 0.1) is 27.7 Å². The lowest BCUT2D eigenvalue weighted by molar-refractivity contribution is -0.865. The molecule has 0 saturated heterocycles. The van der Waals surface area contributed by atoms with Crippen molar-refractivity contribution in [2.24, 2.45) is 0 Å². The molecular weight excluding hydrogens is 148 g/mol. The summed E-state index contributed by atoms with van der Waals surface area (Å²) in [5, 5.41) is 0. The van der Waals surface area contributed by atoms with Gasteiger partial charge in [0.25, 0.3) is 0 Å². The lowest BCUT2D eigenvalue weighted by Crippen LogP contribution is -2.36. The lowest BCUT2D eigenvalue weighted by Gasteiger charge is -2.24. The Kier molecular flexibility index (Phi) is 4.50. The normalized spacial score (nSPS) is 14.1. The summed E-state index contributed by atoms with van der Waals surface area (Å²) in [6.07, 6.45) is 2.30. The Morgan fingerprint density at radius 3 is 2.08 bits per heavy atom. The van der Waals surface area contributed by atoms with E-state index in [1.165, 1.54) is 5.57 Å². The van der Waals surface area contributed by atoms with Crippen molar-refractivity contribution in [3.05, 3.63) is 11.6 Å². The summed E-state index contributed by atoms with van der Waals surface area (Å²) in [5.41, 5.74) is 1.47. The van der Waals surface area contributed by atoms with Crippen molar-refractivity contribution in [3.8, 4) is 0 Å². The number of hydrogen-bond acceptors (Lipinski definition) is 1. The van der Waals surface area contributed by atoms with Gasteiger partial charge in [-0.3, -0.25) is 0 Å². The van der Waals surface area contributed by atoms with Crippen LogP contribution in [-0.2, 0) is 0 Å². The van der Waals surface area contributed by atoms with Crippen LogP contribution in [0, 0.1) is 0 Å². The van der Waals surface area contributed by atoms with E-state index in [-0.39, 0.29) is 0 Å². The first kappa shape index (κ1) is 11.7. The summed E-state index contributed by atoms with van der Waals surface area (Å²) < 4.78 is 1.01. The van der Waals surface area contributed by atoms with Crippen molar-refractivity contribution < 1.29 is 4.48 Å². The van der Waals surface area contributed by atoms with E-state index in [2.05, 4.69) is 53.1 Å². The van der Waals surface area contributed by atoms with Crippen molar-refractivity contribution >= 4 is 0 Å². The molecule has 0 unspecified atom stereocenters. The van der Waals surface area contributed by atoms with Crippen molar-refractivity contribution in [2.45, 2.75) is 6.92 Å². The quantitative estimate of drug-likeness (QED) is 0.454. The van der Waals surface area contributed by atoms with Crippen LogP contribution in [0.3, 0.4) is 0 Å². The fourth-order valence-electron chi connectivity index (χ4n) is 1.15. The van der Waals surface area contributed by atoms with Gasteiger partial charge in [-0.15, -0.1) is 0 Å². The molecule has 0 radical (unpaired) electrons. The topological polar surface area (TPSA) is 3.24 Å². The zero-order valence-electron chi connectivity index (χ0n) is 9.39. The van der Waals surface area contributed by atoms with E-state index in [4.69, 9.17) is 0 Å². The average Bonchev–Trinajstić information content (AvgIpc) is 1.79. The van der Waals surface area contributed by atoms with Crippen LogP contribution in [0.5, 0.6) is 0 Å². The molecule has 2 heteroatoms. The molecule has 0 amide bonds. The van der Waals surface area contributed by atoms with E-state index < -0.39 is 0 Å². The SMILES string of the molecule is C/C(=C\CN(C)C)C[N+](C)(C)C. The van der Waals surface area contributed by atoms with Gasteiger partial charge in [0.2, 0.25) is 0 Å². The second-order valence-corrected chi connectivity index (χ2v) is 4.76. The van der Waals surface area contributed by atoms with Crippen molar-refractivity contribution in [1.29, 1.82) is 0 Å². The third kappa shape index (κ3) is 7.76. The molecule has 0 saturated carbocycles. The second kappa shape index (κ2) is 4.63. The highest BCUT2D eigenvalue weighted by atomic mass is 15.3. The summed E-state index contributed by atoms with van der Waals surface area (Å²) in [6.45, 7) is 4.38. The van der Waals surface area contributed by atoms with Crippen LogP contribution in [0.25, 0.3) is 0 Å². The molecule has 0 aromatic heterocycles. The van der Waals surface area contributed by atoms with Crippen LogP contribution in [0.15, 0.2) is 11.6 Å². The Balaban J connectivity index is 3.86. The molecule has 0 heterocycles. The Bertz CT molecular complexity index is 152. The molecule has 72 valence electrons. The highest BCUT2D eigenvalue weighted by Gasteiger charge is 2.06. The molecule has 0 fully saturated rings. The number of nitrogens with zero attached hydrogens (tertiary/aromatic N) is 2. The lowest BCUT2D eigenvalue weighted by atomic mass is 10.2. The van der Waals surface area contributed by atoms with E-state index in [0.29, 0.717) is 0 Å². The van der Waals surface area contributed by atoms with Gasteiger partial charge in [0, 0.05) is 6.54 Å². The maximum Gasteiger partial charge on any atom is 0.0994 e. The largest absolute Gasteiger partial charge is 0.327 e. The molecule has 0 aromatic rings. The van der Waals surface area contributed by atoms with Gasteiger partial charge in [-0.25, -0.2) is 0 Å². The molecular formula is C10H23N2+. The standard InChI is InChI=1S/C10H23N2/c1-10(7-8-11(2)3)9-12(4,5)6/h7H,8-9H2,1-6H3/q+1/b10-7+. The number of hydrogen-bond donors (Lipinski definition) is 0. The summed E-state index contributed by atoms with van der Waals surface area (Å²) in [5.74, 6) is 0. The van der Waals surface area contributed by atoms with Crippen LogP contribution in [-0.4, -0.2) is 57.7 Å². The fourth-order valence-corrected chi connectivity index (χ4v) is 1.15. The number of likely N-dealkylation sites (N-methyl/N-ethyl adjacent to an activating group) is 2. The van der Waals surface area contributed by atoms with E-state index in [0.717, 1.165) is 17.6 Å². The minimum absolute atomic E-state index is 1.01. The summed E-state index contributed by atoms with van der Waals surface area (Å²) in [6, 6.07) is 0. The van der Waals surface area contributed by atoms with Crippen LogP contribution in [0.2, 0.25) is 0 Å². The summed E-state index contributed by atoms with van der Waals surface area (Å²) in [4.78, 5) is 2.18. The third-order valence-electron chi connectivity index (χ3n) is 1.53. The first-order chi connectivity index (χ1) is 5.31. The Morgan fingerprint density at radius 2 is 1.75 bits per heavy atom. The maximum atomic E-state index is 2.30. The predicted molar refractivity (Wildman–Crippen MR) is 55.2 cm³/mol. The van der Waals surface area contributed by atoms with Gasteiger partial charge in [-0.1, -0.05) is 6.08 Å². The molecule has 0 atom stereocenters. The van der Waals surface area contributed by atoms with Gasteiger partial charge in [0.15, 0.2) is 0 Å². The third-order valence-corrected chi connectivity index (χ3v) is 1.53. The number of rotatable bonds is 4. The molecule has 0 N–H and O–H groups in total. The molecule has 0 aliphatic heterocycles. The van der Waals surface area contributed by atoms with Gasteiger partial charge < -0.3 is 9.38 Å². The molecule has 0 aliphatic rings. The van der Waals surface area contributed by atoms with E-state index in [9.17, 15) is 0 Å². The molecule has 0 rings (SSSR count). The van der Waals surface area contributed by atoms with Crippen LogP contribution >= 0.6 is 0 Å². The second-order valence-electron chi connectivity index (χ2n) is 4.76. The van der Waals surface area contributed by atoms with Crippen LogP contribution < -0.4 is 0 Å². The van der Waals surface area contributed by atoms with Crippen LogP contribution in [0.1, 0.15) is 6.92 Å². The minimum Gasteiger partial charge on any atom is -0.327 e. The molecule has 0 aliphatic carbocycles. The molecule has 0 bridgehead atoms. The smallest absolute Gasteiger partial charge is 0.0994 e. The fraction of sp³-hybridized carbons (Fsp3) is 0.800. The Labute approximate surface area is 77.1 Å². The summed E-state index contributed by atoms with van der Waals surface area (Å²) in [7, 11) is 10.8. The molecule has 0 spiro atoms. The van der Waals surface area contributed by atoms with Gasteiger partial charge in [0.1, 0.15) is 0 Å².